The van der Waals surface area contributed by atoms with Crippen molar-refractivity contribution in [1.29, 1.82) is 0 Å². The molecule has 0 bridgehead atoms. The van der Waals surface area contributed by atoms with Crippen LogP contribution in [0.4, 0.5) is 0 Å². The third-order valence-electron chi connectivity index (χ3n) is 2.49. The summed E-state index contributed by atoms with van der Waals surface area (Å²) in [5.41, 5.74) is 1.59. The highest BCUT2D eigenvalue weighted by Crippen LogP contribution is 2.22. The molecular weight excluding hydrogens is 268 g/mol. The highest BCUT2D eigenvalue weighted by Gasteiger charge is 2.08. The van der Waals surface area contributed by atoms with Crippen molar-refractivity contribution in [3.8, 4) is 17.0 Å². The molecular formula is C12H10N2O4S. The summed E-state index contributed by atoms with van der Waals surface area (Å²) in [5.74, 6) is 0.778. The Bertz CT molecular complexity index is 786. The van der Waals surface area contributed by atoms with Crippen molar-refractivity contribution in [2.24, 2.45) is 0 Å². The minimum Gasteiger partial charge on any atom is -0.432 e. The Balaban J connectivity index is 1.92. The van der Waals surface area contributed by atoms with E-state index in [1.54, 1.807) is 41.1 Å². The molecule has 7 heteroatoms. The molecule has 0 fully saturated rings. The number of benzene rings is 1. The van der Waals surface area contributed by atoms with Crippen LogP contribution in [0.25, 0.3) is 17.1 Å². The second-order valence-corrected chi connectivity index (χ2v) is 5.61. The zero-order valence-corrected chi connectivity index (χ0v) is 10.8. The summed E-state index contributed by atoms with van der Waals surface area (Å²) in [7, 11) is -3.50. The first-order valence-electron chi connectivity index (χ1n) is 5.43. The van der Waals surface area contributed by atoms with Crippen LogP contribution in [0.2, 0.25) is 0 Å². The van der Waals surface area contributed by atoms with E-state index in [-0.39, 0.29) is 5.75 Å². The maximum absolute atomic E-state index is 11.0. The zero-order chi connectivity index (χ0) is 13.5. The molecule has 0 unspecified atom stereocenters. The summed E-state index contributed by atoms with van der Waals surface area (Å²) >= 11 is 0. The van der Waals surface area contributed by atoms with Crippen molar-refractivity contribution >= 4 is 16.0 Å². The first-order valence-corrected chi connectivity index (χ1v) is 7.25. The molecule has 3 rings (SSSR count). The first-order chi connectivity index (χ1) is 9.01. The van der Waals surface area contributed by atoms with Crippen LogP contribution >= 0.6 is 0 Å². The largest absolute Gasteiger partial charge is 0.432 e. The molecule has 0 atom stereocenters. The standard InChI is InChI=1S/C12H10N2O4S/c1-19(15,16)18-10-4-2-9(3-5-10)11-8-14-6-7-17-12(14)13-11/h2-8H,1H3. The van der Waals surface area contributed by atoms with Gasteiger partial charge < -0.3 is 8.60 Å². The van der Waals surface area contributed by atoms with Gasteiger partial charge in [0.15, 0.2) is 0 Å². The molecule has 98 valence electrons. The van der Waals surface area contributed by atoms with Crippen LogP contribution in [0.5, 0.6) is 5.75 Å². The van der Waals surface area contributed by atoms with Crippen LogP contribution in [0, 0.1) is 0 Å². The van der Waals surface area contributed by atoms with Gasteiger partial charge in [-0.15, -0.1) is 0 Å². The average molecular weight is 278 g/mol. The topological polar surface area (TPSA) is 73.8 Å². The lowest BCUT2D eigenvalue weighted by Gasteiger charge is -2.03. The number of aromatic nitrogens is 2. The van der Waals surface area contributed by atoms with E-state index < -0.39 is 10.1 Å². The van der Waals surface area contributed by atoms with Gasteiger partial charge in [-0.3, -0.25) is 4.40 Å². The molecule has 0 amide bonds. The van der Waals surface area contributed by atoms with Crippen LogP contribution in [0.1, 0.15) is 0 Å². The SMILES string of the molecule is CS(=O)(=O)Oc1ccc(-c2cn3ccoc3n2)cc1. The Morgan fingerprint density at radius 2 is 2.00 bits per heavy atom. The lowest BCUT2D eigenvalue weighted by atomic mass is 10.2. The number of imidazole rings is 1. The molecule has 19 heavy (non-hydrogen) atoms. The van der Waals surface area contributed by atoms with Crippen LogP contribution in [-0.2, 0) is 10.1 Å². The number of rotatable bonds is 3. The Labute approximate surface area is 109 Å². The second kappa shape index (κ2) is 4.13. The van der Waals surface area contributed by atoms with Crippen molar-refractivity contribution < 1.29 is 17.0 Å². The molecule has 0 aliphatic carbocycles. The van der Waals surface area contributed by atoms with E-state index in [0.717, 1.165) is 17.5 Å². The third kappa shape index (κ3) is 2.45. The van der Waals surface area contributed by atoms with E-state index >= 15 is 0 Å². The number of nitrogens with zero attached hydrogens (tertiary/aromatic N) is 2. The van der Waals surface area contributed by atoms with E-state index in [9.17, 15) is 8.42 Å². The minimum absolute atomic E-state index is 0.272. The van der Waals surface area contributed by atoms with Gasteiger partial charge in [0, 0.05) is 18.0 Å². The lowest BCUT2D eigenvalue weighted by molar-refractivity contribution is 0.493. The second-order valence-electron chi connectivity index (χ2n) is 4.03. The Morgan fingerprint density at radius 3 is 2.63 bits per heavy atom. The highest BCUT2D eigenvalue weighted by atomic mass is 32.2. The molecule has 2 heterocycles. The summed E-state index contributed by atoms with van der Waals surface area (Å²) in [4.78, 5) is 4.28. The van der Waals surface area contributed by atoms with Crippen molar-refractivity contribution in [2.75, 3.05) is 6.26 Å². The van der Waals surface area contributed by atoms with E-state index in [2.05, 4.69) is 4.98 Å². The Kier molecular flexibility index (Phi) is 2.56. The molecule has 0 spiro atoms. The normalized spacial score (nSPS) is 11.8. The summed E-state index contributed by atoms with van der Waals surface area (Å²) < 4.78 is 33.7. The lowest BCUT2D eigenvalue weighted by Crippen LogP contribution is -2.05. The highest BCUT2D eigenvalue weighted by molar-refractivity contribution is 7.86. The molecule has 0 radical (unpaired) electrons. The van der Waals surface area contributed by atoms with Gasteiger partial charge in [-0.25, -0.2) is 0 Å². The molecule has 1 aromatic carbocycles. The van der Waals surface area contributed by atoms with E-state index in [4.69, 9.17) is 8.60 Å². The van der Waals surface area contributed by atoms with E-state index in [0.29, 0.717) is 5.84 Å². The summed E-state index contributed by atoms with van der Waals surface area (Å²) in [5, 5.41) is 0. The fourth-order valence-corrected chi connectivity index (χ4v) is 2.18. The quantitative estimate of drug-likeness (QED) is 0.684. The van der Waals surface area contributed by atoms with Crippen molar-refractivity contribution in [2.45, 2.75) is 0 Å². The van der Waals surface area contributed by atoms with Gasteiger partial charge in [-0.05, 0) is 24.3 Å². The van der Waals surface area contributed by atoms with Crippen molar-refractivity contribution in [3.63, 3.8) is 0 Å². The van der Waals surface area contributed by atoms with Gasteiger partial charge >= 0.3 is 16.0 Å². The number of hydrogen-bond acceptors (Lipinski definition) is 5. The molecule has 0 aliphatic heterocycles. The molecule has 2 aromatic heterocycles. The summed E-state index contributed by atoms with van der Waals surface area (Å²) in [6.45, 7) is 0. The van der Waals surface area contributed by atoms with Crippen LogP contribution in [0.3, 0.4) is 0 Å². The predicted octanol–water partition coefficient (Wildman–Crippen LogP) is 1.93. The summed E-state index contributed by atoms with van der Waals surface area (Å²) in [6, 6.07) is 6.64. The van der Waals surface area contributed by atoms with Crippen LogP contribution in [-0.4, -0.2) is 24.1 Å². The minimum atomic E-state index is -3.50. The van der Waals surface area contributed by atoms with Gasteiger partial charge in [0.2, 0.25) is 0 Å². The molecule has 3 aromatic rings. The van der Waals surface area contributed by atoms with E-state index in [1.807, 2.05) is 6.20 Å². The zero-order valence-electron chi connectivity index (χ0n) is 9.98. The third-order valence-corrected chi connectivity index (χ3v) is 2.99. The number of oxazole rings is 1. The fraction of sp³-hybridized carbons (Fsp3) is 0.0833. The fourth-order valence-electron chi connectivity index (χ4n) is 1.72. The number of hydrogen-bond donors (Lipinski definition) is 0. The monoisotopic (exact) mass is 278 g/mol. The van der Waals surface area contributed by atoms with E-state index in [1.165, 1.54) is 0 Å². The smallest absolute Gasteiger partial charge is 0.306 e. The molecule has 0 aliphatic rings. The van der Waals surface area contributed by atoms with Crippen LogP contribution in [0.15, 0.2) is 47.3 Å². The molecule has 0 saturated carbocycles. The van der Waals surface area contributed by atoms with Crippen molar-refractivity contribution in [1.82, 2.24) is 9.38 Å². The van der Waals surface area contributed by atoms with Gasteiger partial charge in [-0.1, -0.05) is 0 Å². The van der Waals surface area contributed by atoms with Crippen molar-refractivity contribution in [3.05, 3.63) is 42.9 Å². The molecule has 0 N–H and O–H groups in total. The first kappa shape index (κ1) is 11.8. The maximum Gasteiger partial charge on any atom is 0.306 e. The van der Waals surface area contributed by atoms with Gasteiger partial charge in [-0.2, -0.15) is 13.4 Å². The Hall–Kier alpha value is -2.28. The molecule has 0 saturated heterocycles. The average Bonchev–Trinajstić information content (AvgIpc) is 2.87. The maximum atomic E-state index is 11.0. The van der Waals surface area contributed by atoms with Gasteiger partial charge in [0.05, 0.1) is 11.9 Å². The van der Waals surface area contributed by atoms with Gasteiger partial charge in [0.25, 0.3) is 0 Å². The number of fused-ring (bicyclic) bond motifs is 1. The Morgan fingerprint density at radius 1 is 1.26 bits per heavy atom. The molecule has 6 nitrogen and oxygen atoms in total. The predicted molar refractivity (Wildman–Crippen MR) is 68.4 cm³/mol. The van der Waals surface area contributed by atoms with Gasteiger partial charge in [0.1, 0.15) is 12.0 Å². The summed E-state index contributed by atoms with van der Waals surface area (Å²) in [6.07, 6.45) is 6.14. The van der Waals surface area contributed by atoms with Crippen LogP contribution < -0.4 is 4.18 Å².